The molecule has 6 heteroatoms. The van der Waals surface area contributed by atoms with E-state index in [0.717, 1.165) is 6.42 Å². The van der Waals surface area contributed by atoms with Crippen LogP contribution in [0.1, 0.15) is 35.0 Å². The van der Waals surface area contributed by atoms with Gasteiger partial charge in [-0.25, -0.2) is 0 Å². The molecule has 3 N–H and O–H groups in total. The number of aliphatic hydroxyl groups excluding tert-OH is 1. The van der Waals surface area contributed by atoms with Crippen LogP contribution in [0.15, 0.2) is 41.8 Å². The predicted molar refractivity (Wildman–Crippen MR) is 96.3 cm³/mol. The van der Waals surface area contributed by atoms with Crippen molar-refractivity contribution in [2.75, 3.05) is 11.9 Å². The first-order chi connectivity index (χ1) is 11.6. The Morgan fingerprint density at radius 3 is 2.54 bits per heavy atom. The number of nitrogens with one attached hydrogen (secondary N) is 2. The summed E-state index contributed by atoms with van der Waals surface area (Å²) in [4.78, 5) is 25.2. The third-order valence-corrected chi connectivity index (χ3v) is 4.59. The van der Waals surface area contributed by atoms with Crippen LogP contribution in [0.25, 0.3) is 0 Å². The monoisotopic (exact) mass is 346 g/mol. The minimum atomic E-state index is -0.242. The van der Waals surface area contributed by atoms with E-state index < -0.39 is 0 Å². The Kier molecular flexibility index (Phi) is 6.96. The summed E-state index contributed by atoms with van der Waals surface area (Å²) in [5.74, 6) is -0.279. The smallest absolute Gasteiger partial charge is 0.251 e. The summed E-state index contributed by atoms with van der Waals surface area (Å²) < 4.78 is 0. The number of rotatable bonds is 8. The molecule has 1 aromatic carbocycles. The van der Waals surface area contributed by atoms with Gasteiger partial charge in [-0.15, -0.1) is 11.3 Å². The molecule has 24 heavy (non-hydrogen) atoms. The Hall–Kier alpha value is -2.18. The molecule has 0 spiro atoms. The normalized spacial score (nSPS) is 11.8. The van der Waals surface area contributed by atoms with Gasteiger partial charge in [0.05, 0.1) is 12.6 Å². The van der Waals surface area contributed by atoms with E-state index in [0.29, 0.717) is 24.1 Å². The summed E-state index contributed by atoms with van der Waals surface area (Å²) in [5, 5.41) is 16.7. The standard InChI is InChI=1S/C18H22N2O3S/c1-2-14(12-21)20-18(23)13-5-7-15(8-6-13)19-17(22)10-9-16-4-3-11-24-16/h3-8,11,14,21H,2,9-10,12H2,1H3,(H,19,22)(H,20,23). The molecular weight excluding hydrogens is 324 g/mol. The maximum absolute atomic E-state index is 12.0. The first kappa shape index (κ1) is 18.2. The van der Waals surface area contributed by atoms with Gasteiger partial charge in [0, 0.05) is 22.5 Å². The van der Waals surface area contributed by atoms with Crippen molar-refractivity contribution in [1.82, 2.24) is 5.32 Å². The van der Waals surface area contributed by atoms with Crippen LogP contribution in [-0.4, -0.2) is 29.6 Å². The highest BCUT2D eigenvalue weighted by atomic mass is 32.1. The molecule has 0 aliphatic carbocycles. The van der Waals surface area contributed by atoms with Crippen molar-refractivity contribution in [3.63, 3.8) is 0 Å². The first-order valence-corrected chi connectivity index (χ1v) is 8.84. The summed E-state index contributed by atoms with van der Waals surface area (Å²) in [6, 6.07) is 10.5. The number of carbonyl (C=O) groups excluding carboxylic acids is 2. The minimum Gasteiger partial charge on any atom is -0.394 e. The third kappa shape index (κ3) is 5.47. The van der Waals surface area contributed by atoms with E-state index in [2.05, 4.69) is 10.6 Å². The number of hydrogen-bond donors (Lipinski definition) is 3. The quantitative estimate of drug-likeness (QED) is 0.688. The zero-order chi connectivity index (χ0) is 17.4. The van der Waals surface area contributed by atoms with Crippen LogP contribution in [0.4, 0.5) is 5.69 Å². The second-order valence-electron chi connectivity index (χ2n) is 5.47. The SMILES string of the molecule is CCC(CO)NC(=O)c1ccc(NC(=O)CCc2cccs2)cc1. The van der Waals surface area contributed by atoms with Crippen LogP contribution in [0, 0.1) is 0 Å². The van der Waals surface area contributed by atoms with Gasteiger partial charge in [-0.05, 0) is 48.6 Å². The van der Waals surface area contributed by atoms with Crippen LogP contribution < -0.4 is 10.6 Å². The Bertz CT molecular complexity index is 649. The molecule has 0 saturated carbocycles. The van der Waals surface area contributed by atoms with Gasteiger partial charge in [0.2, 0.25) is 5.91 Å². The van der Waals surface area contributed by atoms with Crippen molar-refractivity contribution in [2.24, 2.45) is 0 Å². The van der Waals surface area contributed by atoms with Gasteiger partial charge < -0.3 is 15.7 Å². The van der Waals surface area contributed by atoms with Crippen LogP contribution in [0.5, 0.6) is 0 Å². The fourth-order valence-corrected chi connectivity index (χ4v) is 2.87. The second kappa shape index (κ2) is 9.20. The van der Waals surface area contributed by atoms with E-state index in [1.165, 1.54) is 4.88 Å². The number of amides is 2. The Morgan fingerprint density at radius 1 is 1.21 bits per heavy atom. The summed E-state index contributed by atoms with van der Waals surface area (Å²) in [6.45, 7) is 1.82. The van der Waals surface area contributed by atoms with Gasteiger partial charge in [0.1, 0.15) is 0 Å². The van der Waals surface area contributed by atoms with E-state index in [1.807, 2.05) is 24.4 Å². The largest absolute Gasteiger partial charge is 0.394 e. The van der Waals surface area contributed by atoms with Crippen molar-refractivity contribution in [2.45, 2.75) is 32.2 Å². The van der Waals surface area contributed by atoms with Gasteiger partial charge in [-0.1, -0.05) is 13.0 Å². The molecule has 0 aliphatic heterocycles. The minimum absolute atomic E-state index is 0.0491. The average Bonchev–Trinajstić information content (AvgIpc) is 3.12. The highest BCUT2D eigenvalue weighted by molar-refractivity contribution is 7.09. The molecular formula is C18H22N2O3S. The molecule has 0 bridgehead atoms. The third-order valence-electron chi connectivity index (χ3n) is 3.66. The second-order valence-corrected chi connectivity index (χ2v) is 6.50. The Morgan fingerprint density at radius 2 is 1.96 bits per heavy atom. The fraction of sp³-hybridized carbons (Fsp3) is 0.333. The average molecular weight is 346 g/mol. The molecule has 2 amide bonds. The number of aliphatic hydroxyl groups is 1. The van der Waals surface area contributed by atoms with Crippen molar-refractivity contribution in [3.05, 3.63) is 52.2 Å². The number of thiophene rings is 1. The van der Waals surface area contributed by atoms with E-state index >= 15 is 0 Å². The molecule has 0 saturated heterocycles. The van der Waals surface area contributed by atoms with Crippen LogP contribution in [0.2, 0.25) is 0 Å². The fourth-order valence-electron chi connectivity index (χ4n) is 2.17. The van der Waals surface area contributed by atoms with Crippen LogP contribution in [0.3, 0.4) is 0 Å². The summed E-state index contributed by atoms with van der Waals surface area (Å²) >= 11 is 1.64. The Labute approximate surface area is 145 Å². The van der Waals surface area contributed by atoms with Crippen LogP contribution in [-0.2, 0) is 11.2 Å². The van der Waals surface area contributed by atoms with Gasteiger partial charge in [-0.2, -0.15) is 0 Å². The lowest BCUT2D eigenvalue weighted by Crippen LogP contribution is -2.36. The lowest BCUT2D eigenvalue weighted by molar-refractivity contribution is -0.116. The highest BCUT2D eigenvalue weighted by Crippen LogP contribution is 2.13. The van der Waals surface area contributed by atoms with E-state index in [4.69, 9.17) is 5.11 Å². The molecule has 128 valence electrons. The first-order valence-electron chi connectivity index (χ1n) is 7.96. The maximum Gasteiger partial charge on any atom is 0.251 e. The van der Waals surface area contributed by atoms with Gasteiger partial charge in [0.15, 0.2) is 0 Å². The van der Waals surface area contributed by atoms with Crippen LogP contribution >= 0.6 is 11.3 Å². The molecule has 0 radical (unpaired) electrons. The molecule has 0 fully saturated rings. The topological polar surface area (TPSA) is 78.4 Å². The molecule has 1 heterocycles. The van der Waals surface area contributed by atoms with Gasteiger partial charge >= 0.3 is 0 Å². The zero-order valence-corrected chi connectivity index (χ0v) is 14.4. The number of carbonyl (C=O) groups is 2. The van der Waals surface area contributed by atoms with E-state index in [-0.39, 0.29) is 24.5 Å². The molecule has 1 unspecified atom stereocenters. The predicted octanol–water partition coefficient (Wildman–Crippen LogP) is 2.82. The maximum atomic E-state index is 12.0. The summed E-state index contributed by atoms with van der Waals surface area (Å²) in [6.07, 6.45) is 1.82. The van der Waals surface area contributed by atoms with Crippen molar-refractivity contribution < 1.29 is 14.7 Å². The number of hydrogen-bond acceptors (Lipinski definition) is 4. The van der Waals surface area contributed by atoms with E-state index in [9.17, 15) is 9.59 Å². The molecule has 1 aromatic heterocycles. The number of aryl methyl sites for hydroxylation is 1. The van der Waals surface area contributed by atoms with Gasteiger partial charge in [-0.3, -0.25) is 9.59 Å². The lowest BCUT2D eigenvalue weighted by atomic mass is 10.1. The van der Waals surface area contributed by atoms with Crippen molar-refractivity contribution >= 4 is 28.8 Å². The Balaban J connectivity index is 1.84. The molecule has 1 atom stereocenters. The number of anilines is 1. The lowest BCUT2D eigenvalue weighted by Gasteiger charge is -2.14. The molecule has 2 aromatic rings. The number of benzene rings is 1. The van der Waals surface area contributed by atoms with E-state index in [1.54, 1.807) is 35.6 Å². The summed E-state index contributed by atoms with van der Waals surface area (Å²) in [7, 11) is 0. The highest BCUT2D eigenvalue weighted by Gasteiger charge is 2.11. The van der Waals surface area contributed by atoms with Gasteiger partial charge in [0.25, 0.3) is 5.91 Å². The zero-order valence-electron chi connectivity index (χ0n) is 13.6. The van der Waals surface area contributed by atoms with Crippen molar-refractivity contribution in [3.8, 4) is 0 Å². The molecule has 0 aliphatic rings. The van der Waals surface area contributed by atoms with Crippen molar-refractivity contribution in [1.29, 1.82) is 0 Å². The molecule has 2 rings (SSSR count). The molecule has 5 nitrogen and oxygen atoms in total. The summed E-state index contributed by atoms with van der Waals surface area (Å²) in [5.41, 5.74) is 1.16.